The van der Waals surface area contributed by atoms with Crippen molar-refractivity contribution < 1.29 is 0 Å². The van der Waals surface area contributed by atoms with Crippen molar-refractivity contribution in [1.29, 1.82) is 0 Å². The standard InChI is InChI=1S/C14H23N3/c1-11(2)17-9-12(8-16-17)7-15-10-14(5-6-14)13-3-4-13/h8-9,11,13,15H,3-7,10H2,1-2H3. The molecule has 0 aliphatic heterocycles. The fourth-order valence-corrected chi connectivity index (χ4v) is 2.79. The van der Waals surface area contributed by atoms with Gasteiger partial charge in [-0.05, 0) is 50.9 Å². The lowest BCUT2D eigenvalue weighted by Gasteiger charge is -2.14. The maximum atomic E-state index is 4.37. The highest BCUT2D eigenvalue weighted by Gasteiger charge is 2.53. The highest BCUT2D eigenvalue weighted by atomic mass is 15.3. The van der Waals surface area contributed by atoms with E-state index in [2.05, 4.69) is 30.5 Å². The Bertz CT molecular complexity index is 386. The molecule has 0 spiro atoms. The summed E-state index contributed by atoms with van der Waals surface area (Å²) >= 11 is 0. The number of rotatable bonds is 6. The molecule has 0 atom stereocenters. The maximum absolute atomic E-state index is 4.37. The summed E-state index contributed by atoms with van der Waals surface area (Å²) in [5, 5.41) is 8.00. The van der Waals surface area contributed by atoms with E-state index in [1.165, 1.54) is 37.8 Å². The van der Waals surface area contributed by atoms with E-state index in [4.69, 9.17) is 0 Å². The van der Waals surface area contributed by atoms with E-state index in [-0.39, 0.29) is 0 Å². The number of hydrogen-bond donors (Lipinski definition) is 1. The molecule has 1 heterocycles. The molecule has 0 radical (unpaired) electrons. The van der Waals surface area contributed by atoms with Crippen molar-refractivity contribution in [3.05, 3.63) is 18.0 Å². The van der Waals surface area contributed by atoms with Crippen molar-refractivity contribution in [2.45, 2.75) is 52.1 Å². The van der Waals surface area contributed by atoms with Gasteiger partial charge in [-0.25, -0.2) is 0 Å². The predicted molar refractivity (Wildman–Crippen MR) is 68.7 cm³/mol. The largest absolute Gasteiger partial charge is 0.312 e. The lowest BCUT2D eigenvalue weighted by Crippen LogP contribution is -2.24. The molecule has 1 aromatic rings. The van der Waals surface area contributed by atoms with E-state index >= 15 is 0 Å². The molecule has 0 saturated heterocycles. The monoisotopic (exact) mass is 233 g/mol. The summed E-state index contributed by atoms with van der Waals surface area (Å²) in [5.41, 5.74) is 2.01. The number of aromatic nitrogens is 2. The maximum Gasteiger partial charge on any atom is 0.0534 e. The Labute approximate surface area is 104 Å². The Kier molecular flexibility index (Phi) is 2.74. The van der Waals surface area contributed by atoms with Gasteiger partial charge in [0, 0.05) is 30.9 Å². The van der Waals surface area contributed by atoms with E-state index in [9.17, 15) is 0 Å². The van der Waals surface area contributed by atoms with Crippen LogP contribution in [0.3, 0.4) is 0 Å². The van der Waals surface area contributed by atoms with Crippen LogP contribution in [0.2, 0.25) is 0 Å². The first kappa shape index (κ1) is 11.3. The van der Waals surface area contributed by atoms with Gasteiger partial charge in [-0.1, -0.05) is 0 Å². The highest BCUT2D eigenvalue weighted by Crippen LogP contribution is 2.60. The topological polar surface area (TPSA) is 29.9 Å². The fraction of sp³-hybridized carbons (Fsp3) is 0.786. The molecule has 2 aliphatic carbocycles. The molecule has 3 rings (SSSR count). The van der Waals surface area contributed by atoms with E-state index in [0.717, 1.165) is 12.5 Å². The van der Waals surface area contributed by atoms with Crippen molar-refractivity contribution in [2.24, 2.45) is 11.3 Å². The van der Waals surface area contributed by atoms with Crippen LogP contribution >= 0.6 is 0 Å². The third-order valence-corrected chi connectivity index (χ3v) is 4.33. The SMILES string of the molecule is CC(C)n1cc(CNCC2(C3CC3)CC2)cn1. The molecule has 1 aromatic heterocycles. The highest BCUT2D eigenvalue weighted by molar-refractivity contribution is 5.07. The molecule has 2 aliphatic rings. The molecule has 3 nitrogen and oxygen atoms in total. The average molecular weight is 233 g/mol. The van der Waals surface area contributed by atoms with Crippen LogP contribution < -0.4 is 5.32 Å². The molecule has 94 valence electrons. The second-order valence-corrected chi connectivity index (χ2v) is 6.16. The summed E-state index contributed by atoms with van der Waals surface area (Å²) in [5.74, 6) is 1.05. The van der Waals surface area contributed by atoms with Gasteiger partial charge in [0.25, 0.3) is 0 Å². The van der Waals surface area contributed by atoms with Gasteiger partial charge < -0.3 is 5.32 Å². The van der Waals surface area contributed by atoms with Crippen LogP contribution in [0.15, 0.2) is 12.4 Å². The van der Waals surface area contributed by atoms with Crippen molar-refractivity contribution in [1.82, 2.24) is 15.1 Å². The van der Waals surface area contributed by atoms with Crippen LogP contribution in [-0.4, -0.2) is 16.3 Å². The van der Waals surface area contributed by atoms with Crippen LogP contribution in [0.5, 0.6) is 0 Å². The minimum atomic E-state index is 0.463. The second kappa shape index (κ2) is 4.13. The Hall–Kier alpha value is -0.830. The summed E-state index contributed by atoms with van der Waals surface area (Å²) in [4.78, 5) is 0. The zero-order valence-corrected chi connectivity index (χ0v) is 10.9. The molecule has 0 amide bonds. The minimum Gasteiger partial charge on any atom is -0.312 e. The second-order valence-electron chi connectivity index (χ2n) is 6.16. The van der Waals surface area contributed by atoms with Gasteiger partial charge in [-0.3, -0.25) is 4.68 Å². The van der Waals surface area contributed by atoms with Gasteiger partial charge >= 0.3 is 0 Å². The minimum absolute atomic E-state index is 0.463. The van der Waals surface area contributed by atoms with E-state index in [1.54, 1.807) is 0 Å². The average Bonchev–Trinajstić information content (AvgIpc) is 3.17. The molecular weight excluding hydrogens is 210 g/mol. The Morgan fingerprint density at radius 3 is 2.76 bits per heavy atom. The van der Waals surface area contributed by atoms with Crippen molar-refractivity contribution in [2.75, 3.05) is 6.54 Å². The molecule has 2 fully saturated rings. The molecule has 3 heteroatoms. The van der Waals surface area contributed by atoms with Gasteiger partial charge in [-0.2, -0.15) is 5.10 Å². The molecule has 17 heavy (non-hydrogen) atoms. The molecule has 0 unspecified atom stereocenters. The Balaban J connectivity index is 1.47. The van der Waals surface area contributed by atoms with E-state index in [1.807, 2.05) is 10.9 Å². The summed E-state index contributed by atoms with van der Waals surface area (Å²) in [7, 11) is 0. The third kappa shape index (κ3) is 2.39. The van der Waals surface area contributed by atoms with E-state index in [0.29, 0.717) is 11.5 Å². The summed E-state index contributed by atoms with van der Waals surface area (Å²) in [6.07, 6.45) is 10.0. The summed E-state index contributed by atoms with van der Waals surface area (Å²) in [6, 6.07) is 0.463. The quantitative estimate of drug-likeness (QED) is 0.818. The van der Waals surface area contributed by atoms with Gasteiger partial charge in [-0.15, -0.1) is 0 Å². The zero-order chi connectivity index (χ0) is 11.9. The van der Waals surface area contributed by atoms with E-state index < -0.39 is 0 Å². The van der Waals surface area contributed by atoms with Gasteiger partial charge in [0.05, 0.1) is 6.20 Å². The van der Waals surface area contributed by atoms with Gasteiger partial charge in [0.15, 0.2) is 0 Å². The lowest BCUT2D eigenvalue weighted by molar-refractivity contribution is 0.403. The third-order valence-electron chi connectivity index (χ3n) is 4.33. The first-order chi connectivity index (χ1) is 8.20. The fourth-order valence-electron chi connectivity index (χ4n) is 2.79. The van der Waals surface area contributed by atoms with Crippen molar-refractivity contribution in [3.63, 3.8) is 0 Å². The molecule has 2 saturated carbocycles. The molecular formula is C14H23N3. The van der Waals surface area contributed by atoms with Gasteiger partial charge in [0.2, 0.25) is 0 Å². The molecule has 1 N–H and O–H groups in total. The smallest absolute Gasteiger partial charge is 0.0534 e. The molecule has 0 bridgehead atoms. The van der Waals surface area contributed by atoms with Crippen molar-refractivity contribution >= 4 is 0 Å². The van der Waals surface area contributed by atoms with Crippen LogP contribution in [0, 0.1) is 11.3 Å². The summed E-state index contributed by atoms with van der Waals surface area (Å²) < 4.78 is 2.03. The first-order valence-electron chi connectivity index (χ1n) is 6.93. The van der Waals surface area contributed by atoms with Crippen LogP contribution in [0.4, 0.5) is 0 Å². The first-order valence-corrected chi connectivity index (χ1v) is 6.93. The van der Waals surface area contributed by atoms with Crippen LogP contribution in [0.25, 0.3) is 0 Å². The number of nitrogens with one attached hydrogen (secondary N) is 1. The number of hydrogen-bond acceptors (Lipinski definition) is 2. The van der Waals surface area contributed by atoms with Gasteiger partial charge in [0.1, 0.15) is 0 Å². The van der Waals surface area contributed by atoms with Crippen LogP contribution in [-0.2, 0) is 6.54 Å². The number of nitrogens with zero attached hydrogens (tertiary/aromatic N) is 2. The Morgan fingerprint density at radius 2 is 2.24 bits per heavy atom. The predicted octanol–water partition coefficient (Wildman–Crippen LogP) is 2.74. The molecule has 0 aromatic carbocycles. The lowest BCUT2D eigenvalue weighted by atomic mass is 10.0. The summed E-state index contributed by atoms with van der Waals surface area (Å²) in [6.45, 7) is 6.51. The van der Waals surface area contributed by atoms with Crippen molar-refractivity contribution in [3.8, 4) is 0 Å². The normalized spacial score (nSPS) is 22.1. The van der Waals surface area contributed by atoms with Crippen LogP contribution in [0.1, 0.15) is 51.1 Å². The zero-order valence-electron chi connectivity index (χ0n) is 10.9. The Morgan fingerprint density at radius 1 is 1.47 bits per heavy atom.